The van der Waals surface area contributed by atoms with E-state index >= 15 is 0 Å². The Kier molecular flexibility index (Phi) is 6.86. The number of benzene rings is 2. The number of hydrogen-bond donors (Lipinski definition) is 3. The number of anilines is 1. The summed E-state index contributed by atoms with van der Waals surface area (Å²) in [5.74, 6) is -1.01. The van der Waals surface area contributed by atoms with Gasteiger partial charge in [-0.2, -0.15) is 0 Å². The third-order valence-corrected chi connectivity index (χ3v) is 4.13. The van der Waals surface area contributed by atoms with Crippen LogP contribution in [0.5, 0.6) is 0 Å². The molecule has 3 rings (SSSR count). The molecule has 2 amide bonds. The predicted molar refractivity (Wildman–Crippen MR) is 110 cm³/mol. The molecule has 2 aromatic carbocycles. The molecular formula is C22H20N4O4. The van der Waals surface area contributed by atoms with Crippen LogP contribution in [0, 0.1) is 0 Å². The Bertz CT molecular complexity index is 1030. The zero-order valence-electron chi connectivity index (χ0n) is 15.9. The summed E-state index contributed by atoms with van der Waals surface area (Å²) in [5.41, 5.74) is 7.44. The molecule has 0 aliphatic rings. The summed E-state index contributed by atoms with van der Waals surface area (Å²) in [5, 5.41) is 4.80. The van der Waals surface area contributed by atoms with E-state index in [0.717, 1.165) is 5.56 Å². The first-order valence-electron chi connectivity index (χ1n) is 9.12. The number of hydrogen-bond acceptors (Lipinski definition) is 6. The van der Waals surface area contributed by atoms with E-state index in [4.69, 9.17) is 10.5 Å². The summed E-state index contributed by atoms with van der Waals surface area (Å²) < 4.78 is 5.04. The SMILES string of the molecule is NC(NC(=O)OCc1ccccc1)C(=O)Nc1ccncc1C(=O)c1ccccc1. The monoisotopic (exact) mass is 404 g/mol. The van der Waals surface area contributed by atoms with Crippen LogP contribution >= 0.6 is 0 Å². The van der Waals surface area contributed by atoms with Crippen LogP contribution in [0.1, 0.15) is 21.5 Å². The van der Waals surface area contributed by atoms with Gasteiger partial charge >= 0.3 is 6.09 Å². The first-order valence-corrected chi connectivity index (χ1v) is 9.12. The van der Waals surface area contributed by atoms with Gasteiger partial charge in [0.15, 0.2) is 11.9 Å². The van der Waals surface area contributed by atoms with Crippen molar-refractivity contribution in [1.82, 2.24) is 10.3 Å². The van der Waals surface area contributed by atoms with Crippen LogP contribution in [0.4, 0.5) is 10.5 Å². The fraction of sp³-hybridized carbons (Fsp3) is 0.0909. The summed E-state index contributed by atoms with van der Waals surface area (Å²) in [6, 6.07) is 19.2. The van der Waals surface area contributed by atoms with Crippen molar-refractivity contribution in [2.75, 3.05) is 5.32 Å². The number of carbonyl (C=O) groups excluding carboxylic acids is 3. The number of rotatable bonds is 7. The van der Waals surface area contributed by atoms with Crippen molar-refractivity contribution in [2.24, 2.45) is 5.73 Å². The highest BCUT2D eigenvalue weighted by Crippen LogP contribution is 2.18. The van der Waals surface area contributed by atoms with E-state index in [9.17, 15) is 14.4 Å². The molecule has 1 aromatic heterocycles. The molecule has 0 fully saturated rings. The molecule has 30 heavy (non-hydrogen) atoms. The quantitative estimate of drug-likeness (QED) is 0.411. The van der Waals surface area contributed by atoms with Gasteiger partial charge in [0.1, 0.15) is 6.61 Å². The van der Waals surface area contributed by atoms with E-state index in [0.29, 0.717) is 5.56 Å². The first kappa shape index (κ1) is 20.7. The average Bonchev–Trinajstić information content (AvgIpc) is 2.79. The molecule has 0 spiro atoms. The average molecular weight is 404 g/mol. The second-order valence-electron chi connectivity index (χ2n) is 6.29. The van der Waals surface area contributed by atoms with Crippen molar-refractivity contribution in [3.63, 3.8) is 0 Å². The number of nitrogens with one attached hydrogen (secondary N) is 2. The second kappa shape index (κ2) is 9.94. The highest BCUT2D eigenvalue weighted by Gasteiger charge is 2.20. The number of nitrogens with zero attached hydrogens (tertiary/aromatic N) is 1. The number of amides is 2. The van der Waals surface area contributed by atoms with Crippen LogP contribution in [0.15, 0.2) is 79.1 Å². The fourth-order valence-electron chi connectivity index (χ4n) is 2.60. The smallest absolute Gasteiger partial charge is 0.409 e. The maximum Gasteiger partial charge on any atom is 0.409 e. The summed E-state index contributed by atoms with van der Waals surface area (Å²) in [6.45, 7) is 0.0428. The zero-order chi connectivity index (χ0) is 21.3. The van der Waals surface area contributed by atoms with E-state index in [1.54, 1.807) is 42.5 Å². The minimum Gasteiger partial charge on any atom is -0.445 e. The minimum absolute atomic E-state index is 0.0428. The topological polar surface area (TPSA) is 123 Å². The Morgan fingerprint density at radius 1 is 0.967 bits per heavy atom. The molecule has 3 aromatic rings. The van der Waals surface area contributed by atoms with Gasteiger partial charge in [-0.25, -0.2) is 4.79 Å². The Hall–Kier alpha value is -4.04. The zero-order valence-corrected chi connectivity index (χ0v) is 15.9. The molecule has 8 heteroatoms. The summed E-state index contributed by atoms with van der Waals surface area (Å²) in [4.78, 5) is 40.9. The van der Waals surface area contributed by atoms with Crippen LogP contribution in [0.25, 0.3) is 0 Å². The Morgan fingerprint density at radius 2 is 1.63 bits per heavy atom. The van der Waals surface area contributed by atoms with E-state index in [1.165, 1.54) is 18.5 Å². The van der Waals surface area contributed by atoms with Gasteiger partial charge in [0, 0.05) is 18.0 Å². The second-order valence-corrected chi connectivity index (χ2v) is 6.29. The molecule has 0 aliphatic carbocycles. The van der Waals surface area contributed by atoms with Gasteiger partial charge in [0.25, 0.3) is 5.91 Å². The maximum absolute atomic E-state index is 12.7. The molecule has 1 atom stereocenters. The maximum atomic E-state index is 12.7. The van der Waals surface area contributed by atoms with Gasteiger partial charge < -0.3 is 15.8 Å². The standard InChI is InChI=1S/C22H20N4O4/c23-20(26-22(29)30-14-15-7-3-1-4-8-15)21(28)25-18-11-12-24-13-17(18)19(27)16-9-5-2-6-10-16/h1-13,20H,14,23H2,(H,26,29)(H,24,25,28). The lowest BCUT2D eigenvalue weighted by Crippen LogP contribution is -2.50. The molecule has 0 aliphatic heterocycles. The minimum atomic E-state index is -1.37. The molecule has 152 valence electrons. The predicted octanol–water partition coefficient (Wildman–Crippen LogP) is 2.46. The molecule has 0 bridgehead atoms. The van der Waals surface area contributed by atoms with Crippen molar-refractivity contribution in [1.29, 1.82) is 0 Å². The third-order valence-electron chi connectivity index (χ3n) is 4.13. The van der Waals surface area contributed by atoms with E-state index in [1.807, 2.05) is 18.2 Å². The Morgan fingerprint density at radius 3 is 2.33 bits per heavy atom. The van der Waals surface area contributed by atoms with Crippen molar-refractivity contribution in [2.45, 2.75) is 12.8 Å². The van der Waals surface area contributed by atoms with E-state index < -0.39 is 18.2 Å². The fourth-order valence-corrected chi connectivity index (χ4v) is 2.60. The highest BCUT2D eigenvalue weighted by atomic mass is 16.5. The lowest BCUT2D eigenvalue weighted by molar-refractivity contribution is -0.118. The van der Waals surface area contributed by atoms with E-state index in [-0.39, 0.29) is 23.6 Å². The number of carbonyl (C=O) groups is 3. The van der Waals surface area contributed by atoms with Gasteiger partial charge in [-0.1, -0.05) is 60.7 Å². The number of alkyl carbamates (subject to hydrolysis) is 1. The molecule has 0 saturated heterocycles. The molecule has 4 N–H and O–H groups in total. The number of pyridine rings is 1. The molecule has 0 saturated carbocycles. The van der Waals surface area contributed by atoms with Gasteiger partial charge in [-0.05, 0) is 11.6 Å². The summed E-state index contributed by atoms with van der Waals surface area (Å²) in [7, 11) is 0. The number of nitrogens with two attached hydrogens (primary N) is 1. The number of aromatic nitrogens is 1. The molecule has 8 nitrogen and oxygen atoms in total. The molecule has 0 radical (unpaired) electrons. The van der Waals surface area contributed by atoms with Crippen LogP contribution in [-0.2, 0) is 16.1 Å². The highest BCUT2D eigenvalue weighted by molar-refractivity contribution is 6.13. The van der Waals surface area contributed by atoms with Crippen LogP contribution in [0.2, 0.25) is 0 Å². The number of ether oxygens (including phenoxy) is 1. The van der Waals surface area contributed by atoms with Gasteiger partial charge in [-0.15, -0.1) is 0 Å². The Labute approximate surface area is 173 Å². The number of ketones is 1. The van der Waals surface area contributed by atoms with Gasteiger partial charge in [0.05, 0.1) is 11.3 Å². The largest absolute Gasteiger partial charge is 0.445 e. The van der Waals surface area contributed by atoms with Gasteiger partial charge in [0.2, 0.25) is 0 Å². The van der Waals surface area contributed by atoms with Crippen molar-refractivity contribution in [3.05, 3.63) is 95.8 Å². The van der Waals surface area contributed by atoms with Crippen LogP contribution in [-0.4, -0.2) is 28.9 Å². The van der Waals surface area contributed by atoms with E-state index in [2.05, 4.69) is 15.6 Å². The summed E-state index contributed by atoms with van der Waals surface area (Å²) in [6.07, 6.45) is 0.584. The first-order chi connectivity index (χ1) is 14.5. The van der Waals surface area contributed by atoms with Crippen molar-refractivity contribution >= 4 is 23.5 Å². The molecular weight excluding hydrogens is 384 g/mol. The lowest BCUT2D eigenvalue weighted by Gasteiger charge is -2.15. The van der Waals surface area contributed by atoms with Crippen LogP contribution < -0.4 is 16.4 Å². The normalized spacial score (nSPS) is 11.2. The van der Waals surface area contributed by atoms with Gasteiger partial charge in [-0.3, -0.25) is 19.9 Å². The third kappa shape index (κ3) is 5.49. The summed E-state index contributed by atoms with van der Waals surface area (Å²) >= 11 is 0. The van der Waals surface area contributed by atoms with Crippen molar-refractivity contribution < 1.29 is 19.1 Å². The van der Waals surface area contributed by atoms with Crippen molar-refractivity contribution in [3.8, 4) is 0 Å². The molecule has 1 unspecified atom stereocenters. The lowest BCUT2D eigenvalue weighted by atomic mass is 10.0. The molecule has 1 heterocycles. The van der Waals surface area contributed by atoms with Crippen LogP contribution in [0.3, 0.4) is 0 Å². The Balaban J connectivity index is 1.60.